The van der Waals surface area contributed by atoms with Crippen LogP contribution in [0.25, 0.3) is 0 Å². The number of hydrogen-bond acceptors (Lipinski definition) is 4. The average molecular weight is 488 g/mol. The first-order valence-electron chi connectivity index (χ1n) is 10.2. The lowest BCUT2D eigenvalue weighted by atomic mass is 9.95. The Morgan fingerprint density at radius 3 is 1.97 bits per heavy atom. The van der Waals surface area contributed by atoms with Crippen LogP contribution in [-0.4, -0.2) is 20.2 Å². The van der Waals surface area contributed by atoms with Crippen LogP contribution in [0, 0.1) is 17.0 Å². The minimum atomic E-state index is -4.15. The Morgan fingerprint density at radius 1 is 0.765 bits per heavy atom. The summed E-state index contributed by atoms with van der Waals surface area (Å²) < 4.78 is 53.5. The molecule has 0 radical (unpaired) electrons. The molecule has 3 aromatic rings. The molecule has 0 aliphatic rings. The number of anilines is 3. The molecule has 0 aliphatic carbocycles. The van der Waals surface area contributed by atoms with Gasteiger partial charge in [0.15, 0.2) is 11.6 Å². The molecular weight excluding hydrogens is 464 g/mol. The van der Waals surface area contributed by atoms with Gasteiger partial charge in [-0.25, -0.2) is 17.2 Å². The second-order valence-electron chi connectivity index (χ2n) is 8.50. The maximum atomic E-state index is 13.4. The lowest BCUT2D eigenvalue weighted by Crippen LogP contribution is -2.27. The minimum absolute atomic E-state index is 0.133. The normalized spacial score (nSPS) is 11.6. The van der Waals surface area contributed by atoms with Crippen molar-refractivity contribution in [2.75, 3.05) is 15.4 Å². The van der Waals surface area contributed by atoms with Gasteiger partial charge in [-0.05, 0) is 60.7 Å². The Bertz CT molecular complexity index is 1340. The van der Waals surface area contributed by atoms with Crippen LogP contribution < -0.4 is 15.4 Å². The van der Waals surface area contributed by atoms with Crippen LogP contribution in [0.1, 0.15) is 31.1 Å². The van der Waals surface area contributed by atoms with Crippen molar-refractivity contribution in [1.29, 1.82) is 0 Å². The first kappa shape index (κ1) is 24.8. The topological polar surface area (TPSA) is 104 Å². The van der Waals surface area contributed by atoms with Gasteiger partial charge in [0.2, 0.25) is 5.91 Å². The van der Waals surface area contributed by atoms with Gasteiger partial charge in [0.05, 0.1) is 4.90 Å². The van der Waals surface area contributed by atoms with Crippen molar-refractivity contribution in [2.45, 2.75) is 25.7 Å². The van der Waals surface area contributed by atoms with Crippen LogP contribution in [0.2, 0.25) is 0 Å². The molecule has 0 saturated heterocycles. The van der Waals surface area contributed by atoms with Gasteiger partial charge in [0.25, 0.3) is 15.9 Å². The van der Waals surface area contributed by atoms with Gasteiger partial charge in [-0.2, -0.15) is 0 Å². The first-order valence-corrected chi connectivity index (χ1v) is 11.6. The lowest BCUT2D eigenvalue weighted by molar-refractivity contribution is -0.123. The highest BCUT2D eigenvalue weighted by Gasteiger charge is 2.21. The molecule has 0 heterocycles. The number of halogens is 2. The predicted molar refractivity (Wildman–Crippen MR) is 126 cm³/mol. The van der Waals surface area contributed by atoms with E-state index in [-0.39, 0.29) is 17.2 Å². The molecule has 0 atom stereocenters. The quantitative estimate of drug-likeness (QED) is 0.455. The summed E-state index contributed by atoms with van der Waals surface area (Å²) in [5.41, 5.74) is 0.792. The van der Waals surface area contributed by atoms with Crippen molar-refractivity contribution >= 4 is 38.9 Å². The van der Waals surface area contributed by atoms with Crippen molar-refractivity contribution in [3.8, 4) is 0 Å². The van der Waals surface area contributed by atoms with Crippen molar-refractivity contribution in [1.82, 2.24) is 0 Å². The number of nitrogens with one attached hydrogen (secondary N) is 3. The van der Waals surface area contributed by atoms with Gasteiger partial charge in [0, 0.05) is 28.0 Å². The van der Waals surface area contributed by atoms with Crippen LogP contribution in [0.15, 0.2) is 71.6 Å². The number of benzene rings is 3. The summed E-state index contributed by atoms with van der Waals surface area (Å²) in [5.74, 6) is -3.06. The molecule has 34 heavy (non-hydrogen) atoms. The third kappa shape index (κ3) is 6.16. The van der Waals surface area contributed by atoms with E-state index < -0.39 is 37.9 Å². The number of rotatable bonds is 6. The summed E-state index contributed by atoms with van der Waals surface area (Å²) in [6.45, 7) is 5.36. The van der Waals surface area contributed by atoms with Gasteiger partial charge in [-0.1, -0.05) is 26.8 Å². The highest BCUT2D eigenvalue weighted by Crippen LogP contribution is 2.22. The van der Waals surface area contributed by atoms with Gasteiger partial charge >= 0.3 is 0 Å². The van der Waals surface area contributed by atoms with Gasteiger partial charge in [-0.3, -0.25) is 14.3 Å². The molecule has 178 valence electrons. The zero-order valence-corrected chi connectivity index (χ0v) is 19.5. The lowest BCUT2D eigenvalue weighted by Gasteiger charge is -2.18. The van der Waals surface area contributed by atoms with Crippen molar-refractivity contribution in [2.24, 2.45) is 5.41 Å². The maximum Gasteiger partial charge on any atom is 0.261 e. The monoisotopic (exact) mass is 487 g/mol. The van der Waals surface area contributed by atoms with E-state index in [1.807, 2.05) is 0 Å². The maximum absolute atomic E-state index is 13.4. The van der Waals surface area contributed by atoms with E-state index >= 15 is 0 Å². The third-order valence-corrected chi connectivity index (χ3v) is 6.04. The fourth-order valence-electron chi connectivity index (χ4n) is 2.74. The second-order valence-corrected chi connectivity index (χ2v) is 10.2. The van der Waals surface area contributed by atoms with Crippen molar-refractivity contribution < 1.29 is 26.8 Å². The van der Waals surface area contributed by atoms with E-state index in [4.69, 9.17) is 0 Å². The van der Waals surface area contributed by atoms with E-state index in [2.05, 4.69) is 15.4 Å². The number of carbonyl (C=O) groups is 2. The summed E-state index contributed by atoms with van der Waals surface area (Å²) in [5, 5.41) is 5.49. The summed E-state index contributed by atoms with van der Waals surface area (Å²) in [7, 11) is -4.15. The zero-order chi connectivity index (χ0) is 25.1. The number of hydrogen-bond donors (Lipinski definition) is 3. The molecule has 0 saturated carbocycles. The Balaban J connectivity index is 1.68. The Morgan fingerprint density at radius 2 is 1.38 bits per heavy atom. The van der Waals surface area contributed by atoms with E-state index in [1.165, 1.54) is 24.3 Å². The van der Waals surface area contributed by atoms with Crippen molar-refractivity contribution in [3.63, 3.8) is 0 Å². The molecular formula is C24H23F2N3O4S. The second kappa shape index (κ2) is 9.60. The SMILES string of the molecule is CC(C)(C)C(=O)Nc1cccc(NC(=O)c2ccc(NS(=O)(=O)c3ccc(F)c(F)c3)cc2)c1. The minimum Gasteiger partial charge on any atom is -0.326 e. The van der Waals surface area contributed by atoms with Crippen LogP contribution in [0.3, 0.4) is 0 Å². The highest BCUT2D eigenvalue weighted by atomic mass is 32.2. The number of sulfonamides is 1. The summed E-state index contributed by atoms with van der Waals surface area (Å²) >= 11 is 0. The van der Waals surface area contributed by atoms with E-state index in [0.717, 1.165) is 12.1 Å². The predicted octanol–water partition coefficient (Wildman–Crippen LogP) is 5.00. The molecule has 0 spiro atoms. The molecule has 3 rings (SSSR count). The molecule has 10 heteroatoms. The number of amides is 2. The molecule has 0 fully saturated rings. The van der Waals surface area contributed by atoms with Crippen LogP contribution in [-0.2, 0) is 14.8 Å². The van der Waals surface area contributed by atoms with Crippen LogP contribution >= 0.6 is 0 Å². The fraction of sp³-hybridized carbons (Fsp3) is 0.167. The van der Waals surface area contributed by atoms with E-state index in [0.29, 0.717) is 17.4 Å². The number of carbonyl (C=O) groups excluding carboxylic acids is 2. The molecule has 2 amide bonds. The van der Waals surface area contributed by atoms with Gasteiger partial charge in [-0.15, -0.1) is 0 Å². The smallest absolute Gasteiger partial charge is 0.261 e. The zero-order valence-electron chi connectivity index (χ0n) is 18.6. The molecule has 0 bridgehead atoms. The van der Waals surface area contributed by atoms with Crippen molar-refractivity contribution in [3.05, 3.63) is 83.9 Å². The third-order valence-electron chi connectivity index (χ3n) is 4.66. The molecule has 0 aromatic heterocycles. The Labute approximate surface area is 196 Å². The van der Waals surface area contributed by atoms with Gasteiger partial charge < -0.3 is 10.6 Å². The Hall–Kier alpha value is -3.79. The van der Waals surface area contributed by atoms with E-state index in [9.17, 15) is 26.8 Å². The Kier molecular flexibility index (Phi) is 7.01. The summed E-state index contributed by atoms with van der Waals surface area (Å²) in [4.78, 5) is 24.3. The summed E-state index contributed by atoms with van der Waals surface area (Å²) in [6, 6.07) is 14.5. The molecule has 0 unspecified atom stereocenters. The van der Waals surface area contributed by atoms with Crippen LogP contribution in [0.5, 0.6) is 0 Å². The van der Waals surface area contributed by atoms with Crippen LogP contribution in [0.4, 0.5) is 25.8 Å². The first-order chi connectivity index (χ1) is 15.8. The summed E-state index contributed by atoms with van der Waals surface area (Å²) in [6.07, 6.45) is 0. The molecule has 3 N–H and O–H groups in total. The molecule has 3 aromatic carbocycles. The largest absolute Gasteiger partial charge is 0.326 e. The molecule has 7 nitrogen and oxygen atoms in total. The standard InChI is InChI=1S/C24H23F2N3O4S/c1-24(2,3)23(31)28-18-6-4-5-17(13-18)27-22(30)15-7-9-16(10-8-15)29-34(32,33)19-11-12-20(25)21(26)14-19/h4-14,29H,1-3H3,(H,27,30)(H,28,31). The van der Waals surface area contributed by atoms with E-state index in [1.54, 1.807) is 45.0 Å². The average Bonchev–Trinajstić information content (AvgIpc) is 2.75. The van der Waals surface area contributed by atoms with Gasteiger partial charge in [0.1, 0.15) is 0 Å². The highest BCUT2D eigenvalue weighted by molar-refractivity contribution is 7.92. The molecule has 0 aliphatic heterocycles. The fourth-order valence-corrected chi connectivity index (χ4v) is 3.81.